The Morgan fingerprint density at radius 2 is 2.11 bits per heavy atom. The summed E-state index contributed by atoms with van der Waals surface area (Å²) in [6, 6.07) is 6.23. The van der Waals surface area contributed by atoms with Crippen LogP contribution in [0.2, 0.25) is 0 Å². The van der Waals surface area contributed by atoms with Crippen molar-refractivity contribution in [1.29, 1.82) is 0 Å². The van der Waals surface area contributed by atoms with Crippen molar-refractivity contribution >= 4 is 11.9 Å². The van der Waals surface area contributed by atoms with E-state index in [9.17, 15) is 9.59 Å². The van der Waals surface area contributed by atoms with E-state index in [0.717, 1.165) is 0 Å². The molecule has 94 valence electrons. The number of azide groups is 1. The molecule has 0 aliphatic rings. The average Bonchev–Trinajstić information content (AvgIpc) is 2.34. The van der Waals surface area contributed by atoms with Crippen molar-refractivity contribution in [1.82, 2.24) is 0 Å². The molecule has 0 aliphatic carbocycles. The maximum absolute atomic E-state index is 11.7. The van der Waals surface area contributed by atoms with Crippen LogP contribution in [0.4, 0.5) is 0 Å². The van der Waals surface area contributed by atoms with E-state index in [0.29, 0.717) is 0 Å². The molecule has 0 amide bonds. The number of nitrogens with zero attached hydrogens (tertiary/aromatic N) is 3. The van der Waals surface area contributed by atoms with Crippen LogP contribution in [-0.2, 0) is 9.53 Å². The summed E-state index contributed by atoms with van der Waals surface area (Å²) < 4.78 is 9.73. The first kappa shape index (κ1) is 13.5. The van der Waals surface area contributed by atoms with Crippen LogP contribution in [-0.4, -0.2) is 25.1 Å². The molecule has 1 aromatic carbocycles. The second-order valence-corrected chi connectivity index (χ2v) is 3.18. The summed E-state index contributed by atoms with van der Waals surface area (Å²) in [5.41, 5.74) is 8.20. The minimum absolute atomic E-state index is 0.0305. The highest BCUT2D eigenvalue weighted by atomic mass is 16.5. The Morgan fingerprint density at radius 1 is 1.39 bits per heavy atom. The van der Waals surface area contributed by atoms with Gasteiger partial charge in [-0.15, -0.1) is 0 Å². The molecule has 0 spiro atoms. The van der Waals surface area contributed by atoms with Crippen molar-refractivity contribution in [3.05, 3.63) is 40.3 Å². The van der Waals surface area contributed by atoms with Gasteiger partial charge < -0.3 is 9.47 Å². The maximum Gasteiger partial charge on any atom is 0.341 e. The van der Waals surface area contributed by atoms with Crippen LogP contribution in [0, 0.1) is 0 Å². The number of carbonyl (C=O) groups is 2. The van der Waals surface area contributed by atoms with E-state index < -0.39 is 11.9 Å². The molecule has 0 bridgehead atoms. The molecule has 18 heavy (non-hydrogen) atoms. The van der Waals surface area contributed by atoms with E-state index >= 15 is 0 Å². The molecule has 0 saturated heterocycles. The van der Waals surface area contributed by atoms with Crippen LogP contribution in [0.5, 0.6) is 5.75 Å². The largest absolute Gasteiger partial charge is 0.462 e. The van der Waals surface area contributed by atoms with Gasteiger partial charge >= 0.3 is 11.9 Å². The van der Waals surface area contributed by atoms with Crippen LogP contribution >= 0.6 is 0 Å². The topological polar surface area (TPSA) is 101 Å². The summed E-state index contributed by atoms with van der Waals surface area (Å²) in [7, 11) is 0. The van der Waals surface area contributed by atoms with E-state index in [2.05, 4.69) is 10.0 Å². The molecule has 7 heteroatoms. The lowest BCUT2D eigenvalue weighted by Crippen LogP contribution is -2.11. The standard InChI is InChI=1S/C11H11N3O4/c1-8(15)18-10-5-3-2-4-9(10)11(16)17-7-6-13-14-12/h2-5H,6-7H2,1H3. The summed E-state index contributed by atoms with van der Waals surface area (Å²) in [5, 5.41) is 3.23. The fourth-order valence-electron chi connectivity index (χ4n) is 1.18. The molecule has 0 N–H and O–H groups in total. The van der Waals surface area contributed by atoms with Gasteiger partial charge in [0, 0.05) is 11.8 Å². The first-order chi connectivity index (χ1) is 8.65. The fourth-order valence-corrected chi connectivity index (χ4v) is 1.18. The molecule has 0 atom stereocenters. The molecule has 1 rings (SSSR count). The Bertz CT molecular complexity index is 495. The van der Waals surface area contributed by atoms with Gasteiger partial charge in [-0.3, -0.25) is 4.79 Å². The first-order valence-electron chi connectivity index (χ1n) is 5.10. The number of carbonyl (C=O) groups excluding carboxylic acids is 2. The minimum atomic E-state index is -0.639. The van der Waals surface area contributed by atoms with E-state index in [1.165, 1.54) is 19.1 Å². The van der Waals surface area contributed by atoms with E-state index in [-0.39, 0.29) is 24.5 Å². The molecule has 0 aromatic heterocycles. The van der Waals surface area contributed by atoms with Gasteiger partial charge in [-0.2, -0.15) is 0 Å². The summed E-state index contributed by atoms with van der Waals surface area (Å²) in [6.07, 6.45) is 0. The van der Waals surface area contributed by atoms with E-state index in [1.807, 2.05) is 0 Å². The van der Waals surface area contributed by atoms with Gasteiger partial charge in [-0.1, -0.05) is 17.2 Å². The molecule has 7 nitrogen and oxygen atoms in total. The highest BCUT2D eigenvalue weighted by molar-refractivity contribution is 5.93. The smallest absolute Gasteiger partial charge is 0.341 e. The monoisotopic (exact) mass is 249 g/mol. The molecule has 0 saturated carbocycles. The van der Waals surface area contributed by atoms with Crippen molar-refractivity contribution in [3.63, 3.8) is 0 Å². The number of hydrogen-bond acceptors (Lipinski definition) is 5. The van der Waals surface area contributed by atoms with Crippen LogP contribution in [0.15, 0.2) is 29.4 Å². The molecule has 0 aliphatic heterocycles. The summed E-state index contributed by atoms with van der Waals surface area (Å²) >= 11 is 0. The Balaban J connectivity index is 2.72. The fraction of sp³-hybridized carbons (Fsp3) is 0.273. The number of ether oxygens (including phenoxy) is 2. The Morgan fingerprint density at radius 3 is 2.78 bits per heavy atom. The van der Waals surface area contributed by atoms with Crippen LogP contribution in [0.3, 0.4) is 0 Å². The van der Waals surface area contributed by atoms with Gasteiger partial charge in [0.25, 0.3) is 0 Å². The zero-order valence-electron chi connectivity index (χ0n) is 9.70. The van der Waals surface area contributed by atoms with Crippen molar-refractivity contribution in [2.75, 3.05) is 13.2 Å². The zero-order chi connectivity index (χ0) is 13.4. The number of rotatable bonds is 5. The Labute approximate surface area is 103 Å². The lowest BCUT2D eigenvalue weighted by molar-refractivity contribution is -0.131. The normalized spacial score (nSPS) is 9.17. The minimum Gasteiger partial charge on any atom is -0.462 e. The highest BCUT2D eigenvalue weighted by Gasteiger charge is 2.14. The van der Waals surface area contributed by atoms with Crippen molar-refractivity contribution in [2.45, 2.75) is 6.92 Å². The third kappa shape index (κ3) is 4.15. The maximum atomic E-state index is 11.7. The second kappa shape index (κ2) is 6.93. The van der Waals surface area contributed by atoms with Gasteiger partial charge in [-0.25, -0.2) is 4.79 Å². The van der Waals surface area contributed by atoms with Crippen molar-refractivity contribution < 1.29 is 19.1 Å². The lowest BCUT2D eigenvalue weighted by atomic mass is 10.2. The van der Waals surface area contributed by atoms with Gasteiger partial charge in [-0.05, 0) is 17.7 Å². The molecule has 0 heterocycles. The molecule has 1 aromatic rings. The van der Waals surface area contributed by atoms with Gasteiger partial charge in [0.1, 0.15) is 11.3 Å². The highest BCUT2D eigenvalue weighted by Crippen LogP contribution is 2.19. The van der Waals surface area contributed by atoms with E-state index in [4.69, 9.17) is 15.0 Å². The predicted octanol–water partition coefficient (Wildman–Crippen LogP) is 2.08. The van der Waals surface area contributed by atoms with Crippen LogP contribution < -0.4 is 4.74 Å². The number of hydrogen-bond donors (Lipinski definition) is 0. The lowest BCUT2D eigenvalue weighted by Gasteiger charge is -2.07. The predicted molar refractivity (Wildman–Crippen MR) is 62.0 cm³/mol. The zero-order valence-corrected chi connectivity index (χ0v) is 9.70. The van der Waals surface area contributed by atoms with Crippen molar-refractivity contribution in [2.24, 2.45) is 5.11 Å². The SMILES string of the molecule is CC(=O)Oc1ccccc1C(=O)OCCN=[N+]=[N-]. The summed E-state index contributed by atoms with van der Waals surface area (Å²) in [6.45, 7) is 1.26. The quantitative estimate of drug-likeness (QED) is 0.199. The van der Waals surface area contributed by atoms with Crippen LogP contribution in [0.1, 0.15) is 17.3 Å². The van der Waals surface area contributed by atoms with Gasteiger partial charge in [0.15, 0.2) is 0 Å². The number of esters is 2. The number of para-hydroxylation sites is 1. The Kier molecular flexibility index (Phi) is 5.21. The summed E-state index contributed by atoms with van der Waals surface area (Å²) in [4.78, 5) is 25.0. The molecular weight excluding hydrogens is 238 g/mol. The molecule has 0 fully saturated rings. The van der Waals surface area contributed by atoms with Gasteiger partial charge in [0.2, 0.25) is 0 Å². The molecular formula is C11H11N3O4. The molecule has 0 radical (unpaired) electrons. The third-order valence-electron chi connectivity index (χ3n) is 1.85. The third-order valence-corrected chi connectivity index (χ3v) is 1.85. The van der Waals surface area contributed by atoms with Gasteiger partial charge in [0.05, 0.1) is 13.2 Å². The molecule has 0 unspecified atom stereocenters. The second-order valence-electron chi connectivity index (χ2n) is 3.18. The number of benzene rings is 1. The van der Waals surface area contributed by atoms with Crippen molar-refractivity contribution in [3.8, 4) is 5.75 Å². The van der Waals surface area contributed by atoms with Crippen LogP contribution in [0.25, 0.3) is 10.4 Å². The van der Waals surface area contributed by atoms with E-state index in [1.54, 1.807) is 12.1 Å². The summed E-state index contributed by atoms with van der Waals surface area (Å²) in [5.74, 6) is -1.02. The average molecular weight is 249 g/mol. The first-order valence-corrected chi connectivity index (χ1v) is 5.10. The Hall–Kier alpha value is -2.53.